The first kappa shape index (κ1) is 20.3. The molecule has 0 radical (unpaired) electrons. The number of Topliss-reactive ketones (excluding diaryl/α,β-unsaturated/α-hetero) is 1. The summed E-state index contributed by atoms with van der Waals surface area (Å²) >= 11 is 7.36. The molecule has 1 heterocycles. The number of carbonyl (C=O) groups is 2. The minimum absolute atomic E-state index is 0.110. The van der Waals surface area contributed by atoms with Crippen molar-refractivity contribution in [3.8, 4) is 10.4 Å². The Labute approximate surface area is 174 Å². The first-order valence-corrected chi connectivity index (χ1v) is 10.5. The van der Waals surface area contributed by atoms with Crippen LogP contribution in [0.25, 0.3) is 10.4 Å². The van der Waals surface area contributed by atoms with Crippen LogP contribution in [-0.4, -0.2) is 11.7 Å². The van der Waals surface area contributed by atoms with E-state index in [1.54, 1.807) is 6.07 Å². The van der Waals surface area contributed by atoms with Crippen molar-refractivity contribution in [1.29, 1.82) is 0 Å². The molecule has 3 nitrogen and oxygen atoms in total. The van der Waals surface area contributed by atoms with E-state index in [4.69, 9.17) is 11.6 Å². The Bertz CT molecular complexity index is 992. The van der Waals surface area contributed by atoms with E-state index >= 15 is 0 Å². The predicted molar refractivity (Wildman–Crippen MR) is 118 cm³/mol. The smallest absolute Gasteiger partial charge is 0.265 e. The SMILES string of the molecule is CCCCC(=O)c1ccc(C)c(NC(=O)c2ccc(-c3ccc(Cl)cc3)s2)c1. The molecule has 0 saturated heterocycles. The molecule has 0 fully saturated rings. The van der Waals surface area contributed by atoms with Crippen LogP contribution in [0.4, 0.5) is 5.69 Å². The zero-order chi connectivity index (χ0) is 20.1. The zero-order valence-electron chi connectivity index (χ0n) is 15.9. The molecule has 2 aromatic carbocycles. The van der Waals surface area contributed by atoms with Crippen LogP contribution in [0.3, 0.4) is 0 Å². The summed E-state index contributed by atoms with van der Waals surface area (Å²) in [4.78, 5) is 26.6. The van der Waals surface area contributed by atoms with E-state index < -0.39 is 0 Å². The number of thiophene rings is 1. The van der Waals surface area contributed by atoms with Gasteiger partial charge in [-0.15, -0.1) is 11.3 Å². The molecule has 0 unspecified atom stereocenters. The Hall–Kier alpha value is -2.43. The van der Waals surface area contributed by atoms with Gasteiger partial charge in [0.15, 0.2) is 5.78 Å². The lowest BCUT2D eigenvalue weighted by Gasteiger charge is -2.10. The van der Waals surface area contributed by atoms with E-state index in [9.17, 15) is 9.59 Å². The Morgan fingerprint density at radius 1 is 1.04 bits per heavy atom. The molecule has 0 aliphatic carbocycles. The number of benzene rings is 2. The number of hydrogen-bond donors (Lipinski definition) is 1. The van der Waals surface area contributed by atoms with E-state index in [0.717, 1.165) is 28.8 Å². The van der Waals surface area contributed by atoms with Crippen LogP contribution in [0.5, 0.6) is 0 Å². The molecular formula is C23H22ClNO2S. The molecule has 0 saturated carbocycles. The highest BCUT2D eigenvalue weighted by molar-refractivity contribution is 7.17. The number of hydrogen-bond acceptors (Lipinski definition) is 3. The van der Waals surface area contributed by atoms with E-state index in [0.29, 0.717) is 27.6 Å². The van der Waals surface area contributed by atoms with E-state index in [-0.39, 0.29) is 11.7 Å². The summed E-state index contributed by atoms with van der Waals surface area (Å²) in [6, 6.07) is 16.8. The van der Waals surface area contributed by atoms with Crippen molar-refractivity contribution < 1.29 is 9.59 Å². The van der Waals surface area contributed by atoms with Crippen LogP contribution >= 0.6 is 22.9 Å². The van der Waals surface area contributed by atoms with E-state index in [1.807, 2.05) is 55.5 Å². The third-order valence-electron chi connectivity index (χ3n) is 4.52. The Balaban J connectivity index is 1.76. The fourth-order valence-corrected chi connectivity index (χ4v) is 3.86. The van der Waals surface area contributed by atoms with Gasteiger partial charge in [0.25, 0.3) is 5.91 Å². The van der Waals surface area contributed by atoms with E-state index in [2.05, 4.69) is 12.2 Å². The Kier molecular flexibility index (Phi) is 6.65. The number of unbranched alkanes of at least 4 members (excludes halogenated alkanes) is 1. The minimum Gasteiger partial charge on any atom is -0.321 e. The monoisotopic (exact) mass is 411 g/mol. The molecule has 0 atom stereocenters. The van der Waals surface area contributed by atoms with Crippen LogP contribution in [0.15, 0.2) is 54.6 Å². The number of carbonyl (C=O) groups excluding carboxylic acids is 2. The summed E-state index contributed by atoms with van der Waals surface area (Å²) in [5.74, 6) is -0.0648. The average molecular weight is 412 g/mol. The maximum absolute atomic E-state index is 12.7. The van der Waals surface area contributed by atoms with Crippen molar-refractivity contribution in [1.82, 2.24) is 0 Å². The summed E-state index contributed by atoms with van der Waals surface area (Å²) in [6.45, 7) is 3.98. The van der Waals surface area contributed by atoms with Crippen molar-refractivity contribution in [3.63, 3.8) is 0 Å². The second-order valence-electron chi connectivity index (χ2n) is 6.68. The maximum atomic E-state index is 12.7. The van der Waals surface area contributed by atoms with Gasteiger partial charge in [-0.3, -0.25) is 9.59 Å². The highest BCUT2D eigenvalue weighted by atomic mass is 35.5. The van der Waals surface area contributed by atoms with Crippen molar-refractivity contribution in [2.75, 3.05) is 5.32 Å². The molecule has 28 heavy (non-hydrogen) atoms. The summed E-state index contributed by atoms with van der Waals surface area (Å²) in [5.41, 5.74) is 3.26. The molecule has 0 aliphatic heterocycles. The van der Waals surface area contributed by atoms with Gasteiger partial charge in [0.1, 0.15) is 0 Å². The number of ketones is 1. The number of amides is 1. The van der Waals surface area contributed by atoms with Crippen LogP contribution < -0.4 is 5.32 Å². The molecular weight excluding hydrogens is 390 g/mol. The summed E-state index contributed by atoms with van der Waals surface area (Å²) in [5, 5.41) is 3.63. The van der Waals surface area contributed by atoms with Crippen LogP contribution in [0.2, 0.25) is 5.02 Å². The number of anilines is 1. The molecule has 5 heteroatoms. The number of aryl methyl sites for hydroxylation is 1. The van der Waals surface area contributed by atoms with Crippen LogP contribution in [0.1, 0.15) is 51.8 Å². The van der Waals surface area contributed by atoms with Gasteiger partial charge in [0, 0.05) is 27.6 Å². The molecule has 0 aliphatic rings. The van der Waals surface area contributed by atoms with Crippen LogP contribution in [-0.2, 0) is 0 Å². The average Bonchev–Trinajstić information content (AvgIpc) is 3.18. The lowest BCUT2D eigenvalue weighted by Crippen LogP contribution is -2.12. The summed E-state index contributed by atoms with van der Waals surface area (Å²) in [7, 11) is 0. The van der Waals surface area contributed by atoms with Gasteiger partial charge in [-0.05, 0) is 54.8 Å². The highest BCUT2D eigenvalue weighted by Crippen LogP contribution is 2.30. The number of halogens is 1. The molecule has 1 amide bonds. The molecule has 0 bridgehead atoms. The lowest BCUT2D eigenvalue weighted by atomic mass is 10.0. The molecule has 0 spiro atoms. The van der Waals surface area contributed by atoms with Crippen LogP contribution in [0, 0.1) is 6.92 Å². The number of rotatable bonds is 7. The molecule has 3 aromatic rings. The van der Waals surface area contributed by atoms with Crippen molar-refractivity contribution in [2.45, 2.75) is 33.1 Å². The second kappa shape index (κ2) is 9.18. The number of nitrogens with one attached hydrogen (secondary N) is 1. The molecule has 144 valence electrons. The fourth-order valence-electron chi connectivity index (χ4n) is 2.82. The molecule has 1 aromatic heterocycles. The summed E-state index contributed by atoms with van der Waals surface area (Å²) in [6.07, 6.45) is 2.38. The zero-order valence-corrected chi connectivity index (χ0v) is 17.5. The van der Waals surface area contributed by atoms with Crippen molar-refractivity contribution >= 4 is 40.3 Å². The molecule has 1 N–H and O–H groups in total. The highest BCUT2D eigenvalue weighted by Gasteiger charge is 2.14. The predicted octanol–water partition coefficient (Wildman–Crippen LogP) is 7.00. The first-order valence-electron chi connectivity index (χ1n) is 9.29. The van der Waals surface area contributed by atoms with E-state index in [1.165, 1.54) is 11.3 Å². The van der Waals surface area contributed by atoms with Crippen molar-refractivity contribution in [3.05, 3.63) is 75.6 Å². The van der Waals surface area contributed by atoms with Gasteiger partial charge in [-0.25, -0.2) is 0 Å². The third kappa shape index (κ3) is 4.89. The standard InChI is InChI=1S/C23H22ClNO2S/c1-3-4-5-20(26)17-7-6-15(2)19(14-17)25-23(27)22-13-12-21(28-22)16-8-10-18(24)11-9-16/h6-14H,3-5H2,1-2H3,(H,25,27). The quantitative estimate of drug-likeness (QED) is 0.425. The maximum Gasteiger partial charge on any atom is 0.265 e. The fraction of sp³-hybridized carbons (Fsp3) is 0.217. The largest absolute Gasteiger partial charge is 0.321 e. The molecule has 3 rings (SSSR count). The Morgan fingerprint density at radius 3 is 2.50 bits per heavy atom. The summed E-state index contributed by atoms with van der Waals surface area (Å²) < 4.78 is 0. The second-order valence-corrected chi connectivity index (χ2v) is 8.20. The van der Waals surface area contributed by atoms with Gasteiger partial charge in [-0.2, -0.15) is 0 Å². The van der Waals surface area contributed by atoms with Gasteiger partial charge in [0.05, 0.1) is 4.88 Å². The topological polar surface area (TPSA) is 46.2 Å². The Morgan fingerprint density at radius 2 is 1.79 bits per heavy atom. The lowest BCUT2D eigenvalue weighted by molar-refractivity contribution is 0.0977. The van der Waals surface area contributed by atoms with Gasteiger partial charge >= 0.3 is 0 Å². The minimum atomic E-state index is -0.175. The van der Waals surface area contributed by atoms with Gasteiger partial charge in [0.2, 0.25) is 0 Å². The third-order valence-corrected chi connectivity index (χ3v) is 5.91. The normalized spacial score (nSPS) is 10.7. The van der Waals surface area contributed by atoms with Crippen molar-refractivity contribution in [2.24, 2.45) is 0 Å². The van der Waals surface area contributed by atoms with Gasteiger partial charge in [-0.1, -0.05) is 49.2 Å². The first-order chi connectivity index (χ1) is 13.5. The van der Waals surface area contributed by atoms with Gasteiger partial charge < -0.3 is 5.32 Å².